The first-order valence-electron chi connectivity index (χ1n) is 12.9. The van der Waals surface area contributed by atoms with E-state index in [-0.39, 0.29) is 0 Å². The van der Waals surface area contributed by atoms with E-state index in [0.29, 0.717) is 10.8 Å². The Hall–Kier alpha value is 0.440. The molecule has 0 aromatic carbocycles. The molecule has 2 heteroatoms. The van der Waals surface area contributed by atoms with Gasteiger partial charge in [-0.2, -0.15) is 0 Å². The molecule has 4 aliphatic rings. The van der Waals surface area contributed by atoms with Crippen LogP contribution in [0.3, 0.4) is 0 Å². The second-order valence-electron chi connectivity index (χ2n) is 12.3. The Morgan fingerprint density at radius 1 is 0.967 bits per heavy atom. The monoisotopic (exact) mass is 538 g/mol. The third-order valence-corrected chi connectivity index (χ3v) is 11.5. The Bertz CT molecular complexity index is 699. The van der Waals surface area contributed by atoms with E-state index >= 15 is 0 Å². The lowest BCUT2D eigenvalue weighted by Crippen LogP contribution is -2.50. The van der Waals surface area contributed by atoms with Crippen LogP contribution in [0.5, 0.6) is 0 Å². The lowest BCUT2D eigenvalue weighted by atomic mass is 9.46. The van der Waals surface area contributed by atoms with Crippen molar-refractivity contribution in [3.05, 3.63) is 20.6 Å². The van der Waals surface area contributed by atoms with E-state index in [1.54, 1.807) is 5.57 Å². The number of fused-ring (bicyclic) bond motifs is 5. The van der Waals surface area contributed by atoms with Crippen LogP contribution in [-0.2, 0) is 0 Å². The average molecular weight is 540 g/mol. The molecular formula is C28H44Br2. The van der Waals surface area contributed by atoms with Gasteiger partial charge >= 0.3 is 0 Å². The van der Waals surface area contributed by atoms with Crippen molar-refractivity contribution in [1.29, 1.82) is 0 Å². The summed E-state index contributed by atoms with van der Waals surface area (Å²) >= 11 is 7.36. The standard InChI is InChI=1S/C28H44Br2/c1-18(2)7-6-8-19(3)23-11-12-24-22-10-9-21-17-20(26(29)30)13-15-27(21,4)25(22)14-16-28(23,24)5/h17-19,22-25H,6-16H2,1-5H3/t19-,22+,23-,24+,25+,27+,28-/m1/s1. The Labute approximate surface area is 203 Å². The van der Waals surface area contributed by atoms with Crippen molar-refractivity contribution in [2.75, 3.05) is 0 Å². The maximum Gasteiger partial charge on any atom is 0.0636 e. The van der Waals surface area contributed by atoms with Gasteiger partial charge in [-0.1, -0.05) is 65.5 Å². The molecule has 0 heterocycles. The third kappa shape index (κ3) is 4.08. The number of halogens is 2. The zero-order valence-corrected chi connectivity index (χ0v) is 23.2. The summed E-state index contributed by atoms with van der Waals surface area (Å²) in [6.07, 6.45) is 18.2. The topological polar surface area (TPSA) is 0 Å². The zero-order valence-electron chi connectivity index (χ0n) is 20.1. The van der Waals surface area contributed by atoms with Crippen LogP contribution in [-0.4, -0.2) is 0 Å². The van der Waals surface area contributed by atoms with E-state index in [2.05, 4.69) is 72.6 Å². The predicted molar refractivity (Wildman–Crippen MR) is 138 cm³/mol. The minimum Gasteiger partial charge on any atom is -0.0636 e. The highest BCUT2D eigenvalue weighted by Gasteiger charge is 2.59. The van der Waals surface area contributed by atoms with E-state index in [1.165, 1.54) is 79.6 Å². The van der Waals surface area contributed by atoms with E-state index < -0.39 is 0 Å². The first kappa shape index (κ1) is 23.6. The molecule has 0 N–H and O–H groups in total. The van der Waals surface area contributed by atoms with Crippen LogP contribution in [0.25, 0.3) is 0 Å². The van der Waals surface area contributed by atoms with Gasteiger partial charge in [-0.3, -0.25) is 0 Å². The normalized spacial score (nSPS) is 41.7. The summed E-state index contributed by atoms with van der Waals surface area (Å²) in [5.74, 6) is 5.67. The van der Waals surface area contributed by atoms with Gasteiger partial charge in [0.2, 0.25) is 0 Å². The summed E-state index contributed by atoms with van der Waals surface area (Å²) in [5.41, 5.74) is 4.33. The predicted octanol–water partition coefficient (Wildman–Crippen LogP) is 10.0. The smallest absolute Gasteiger partial charge is 0.0636 e. The van der Waals surface area contributed by atoms with Crippen molar-refractivity contribution >= 4 is 31.9 Å². The molecule has 0 radical (unpaired) electrons. The van der Waals surface area contributed by atoms with Crippen LogP contribution in [0.15, 0.2) is 20.6 Å². The number of rotatable bonds is 5. The molecule has 30 heavy (non-hydrogen) atoms. The molecule has 0 spiro atoms. The van der Waals surface area contributed by atoms with Crippen LogP contribution < -0.4 is 0 Å². The van der Waals surface area contributed by atoms with Gasteiger partial charge in [0.15, 0.2) is 0 Å². The Morgan fingerprint density at radius 2 is 1.73 bits per heavy atom. The maximum atomic E-state index is 3.68. The minimum atomic E-state index is 0.462. The van der Waals surface area contributed by atoms with Crippen LogP contribution in [0.4, 0.5) is 0 Å². The molecule has 4 rings (SSSR count). The second kappa shape index (κ2) is 9.00. The molecule has 7 atom stereocenters. The van der Waals surface area contributed by atoms with Gasteiger partial charge in [-0.25, -0.2) is 0 Å². The summed E-state index contributed by atoms with van der Waals surface area (Å²) in [6, 6.07) is 0. The molecule has 0 amide bonds. The van der Waals surface area contributed by atoms with Crippen molar-refractivity contribution in [2.24, 2.45) is 46.3 Å². The minimum absolute atomic E-state index is 0.462. The molecule has 0 nitrogen and oxygen atoms in total. The van der Waals surface area contributed by atoms with Crippen molar-refractivity contribution in [3.8, 4) is 0 Å². The van der Waals surface area contributed by atoms with Crippen LogP contribution in [0.1, 0.15) is 105 Å². The van der Waals surface area contributed by atoms with E-state index in [9.17, 15) is 0 Å². The fraction of sp³-hybridized carbons (Fsp3) is 0.857. The molecule has 4 aliphatic carbocycles. The summed E-state index contributed by atoms with van der Waals surface area (Å²) in [5, 5.41) is 0. The molecule has 3 fully saturated rings. The maximum absolute atomic E-state index is 3.68. The van der Waals surface area contributed by atoms with Crippen molar-refractivity contribution in [2.45, 2.75) is 105 Å². The highest BCUT2D eigenvalue weighted by Crippen LogP contribution is 2.68. The summed E-state index contributed by atoms with van der Waals surface area (Å²) in [7, 11) is 0. The largest absolute Gasteiger partial charge is 0.0636 e. The molecule has 0 bridgehead atoms. The summed E-state index contributed by atoms with van der Waals surface area (Å²) in [6.45, 7) is 12.7. The SMILES string of the molecule is CC(C)CCC[C@@H](C)[C@H]1CC[C@H]2[C@@H]3CCC4=CC(=C(Br)Br)CC[C@]4(C)[C@H]3CC[C@]12C. The first-order chi connectivity index (χ1) is 14.2. The Morgan fingerprint density at radius 3 is 2.43 bits per heavy atom. The van der Waals surface area contributed by atoms with Gasteiger partial charge < -0.3 is 0 Å². The van der Waals surface area contributed by atoms with E-state index in [1.807, 2.05) is 0 Å². The Balaban J connectivity index is 1.50. The average Bonchev–Trinajstić information content (AvgIpc) is 3.04. The van der Waals surface area contributed by atoms with E-state index in [0.717, 1.165) is 35.5 Å². The molecule has 170 valence electrons. The van der Waals surface area contributed by atoms with Gasteiger partial charge in [-0.15, -0.1) is 0 Å². The molecule has 3 saturated carbocycles. The fourth-order valence-electron chi connectivity index (χ4n) is 8.76. The Kier molecular flexibility index (Phi) is 7.08. The summed E-state index contributed by atoms with van der Waals surface area (Å²) in [4.78, 5) is 0. The van der Waals surface area contributed by atoms with Crippen LogP contribution in [0.2, 0.25) is 0 Å². The zero-order chi connectivity index (χ0) is 21.7. The third-order valence-electron chi connectivity index (χ3n) is 10.4. The van der Waals surface area contributed by atoms with Crippen LogP contribution >= 0.6 is 31.9 Å². The van der Waals surface area contributed by atoms with E-state index in [4.69, 9.17) is 0 Å². The molecule has 0 aromatic rings. The lowest BCUT2D eigenvalue weighted by Gasteiger charge is -2.58. The highest BCUT2D eigenvalue weighted by molar-refractivity contribution is 9.28. The lowest BCUT2D eigenvalue weighted by molar-refractivity contribution is -0.0581. The van der Waals surface area contributed by atoms with Gasteiger partial charge in [0.25, 0.3) is 0 Å². The molecule has 0 aliphatic heterocycles. The van der Waals surface area contributed by atoms with Gasteiger partial charge in [0.05, 0.1) is 3.39 Å². The van der Waals surface area contributed by atoms with Gasteiger partial charge in [0.1, 0.15) is 0 Å². The molecular weight excluding hydrogens is 496 g/mol. The number of hydrogen-bond donors (Lipinski definition) is 0. The quantitative estimate of drug-likeness (QED) is 0.326. The molecule has 0 saturated heterocycles. The van der Waals surface area contributed by atoms with Gasteiger partial charge in [0, 0.05) is 0 Å². The van der Waals surface area contributed by atoms with Crippen LogP contribution in [0, 0.1) is 46.3 Å². The summed E-state index contributed by atoms with van der Waals surface area (Å²) < 4.78 is 1.17. The van der Waals surface area contributed by atoms with Crippen molar-refractivity contribution < 1.29 is 0 Å². The second-order valence-corrected chi connectivity index (χ2v) is 15.0. The van der Waals surface area contributed by atoms with Crippen molar-refractivity contribution in [3.63, 3.8) is 0 Å². The number of allylic oxidation sites excluding steroid dienone is 3. The fourth-order valence-corrected chi connectivity index (χ4v) is 9.39. The molecule has 0 aromatic heterocycles. The van der Waals surface area contributed by atoms with Crippen molar-refractivity contribution in [1.82, 2.24) is 0 Å². The first-order valence-corrected chi connectivity index (χ1v) is 14.5. The van der Waals surface area contributed by atoms with Gasteiger partial charge in [-0.05, 0) is 135 Å². The number of hydrogen-bond acceptors (Lipinski definition) is 0. The highest BCUT2D eigenvalue weighted by atomic mass is 79.9. The molecule has 0 unspecified atom stereocenters.